The van der Waals surface area contributed by atoms with E-state index in [-0.39, 0.29) is 11.7 Å². The highest BCUT2D eigenvalue weighted by molar-refractivity contribution is 5.98. The van der Waals surface area contributed by atoms with Crippen LogP contribution in [-0.2, 0) is 0 Å². The fourth-order valence-electron chi connectivity index (χ4n) is 2.78. The van der Waals surface area contributed by atoms with Gasteiger partial charge in [0.1, 0.15) is 5.75 Å². The van der Waals surface area contributed by atoms with Crippen LogP contribution in [0.3, 0.4) is 0 Å². The molecule has 0 aromatic heterocycles. The monoisotopic (exact) mass is 261 g/mol. The van der Waals surface area contributed by atoms with Crippen LogP contribution in [0.2, 0.25) is 0 Å². The number of Topliss-reactive ketones (excluding diaryl/α,β-unsaturated/α-hetero) is 1. The molecule has 3 heteroatoms. The van der Waals surface area contributed by atoms with Gasteiger partial charge in [0.15, 0.2) is 5.78 Å². The third-order valence-electron chi connectivity index (χ3n) is 3.79. The lowest BCUT2D eigenvalue weighted by Gasteiger charge is -2.31. The largest absolute Gasteiger partial charge is 0.497 e. The molecular weight excluding hydrogens is 238 g/mol. The molecule has 0 amide bonds. The van der Waals surface area contributed by atoms with Crippen molar-refractivity contribution in [3.8, 4) is 5.75 Å². The SMILES string of the molecule is CCCN1CCC[C@H](C(=O)c2ccc(OC)cc2)C1. The summed E-state index contributed by atoms with van der Waals surface area (Å²) < 4.78 is 5.12. The Morgan fingerprint density at radius 2 is 2.11 bits per heavy atom. The number of hydrogen-bond donors (Lipinski definition) is 0. The zero-order valence-electron chi connectivity index (χ0n) is 11.9. The molecule has 1 aliphatic rings. The molecule has 2 rings (SSSR count). The highest BCUT2D eigenvalue weighted by Gasteiger charge is 2.25. The molecule has 0 spiro atoms. The molecule has 19 heavy (non-hydrogen) atoms. The zero-order valence-corrected chi connectivity index (χ0v) is 11.9. The van der Waals surface area contributed by atoms with Crippen LogP contribution < -0.4 is 4.74 Å². The standard InChI is InChI=1S/C16H23NO2/c1-3-10-17-11-4-5-14(12-17)16(18)13-6-8-15(19-2)9-7-13/h6-9,14H,3-5,10-12H2,1-2H3/t14-/m0/s1. The quantitative estimate of drug-likeness (QED) is 0.763. The number of benzene rings is 1. The number of nitrogens with zero attached hydrogens (tertiary/aromatic N) is 1. The van der Waals surface area contributed by atoms with Gasteiger partial charge in [-0.05, 0) is 56.6 Å². The molecule has 0 bridgehead atoms. The highest BCUT2D eigenvalue weighted by Crippen LogP contribution is 2.22. The molecule has 0 saturated carbocycles. The Labute approximate surface area is 115 Å². The number of rotatable bonds is 5. The van der Waals surface area contributed by atoms with Crippen molar-refractivity contribution in [1.82, 2.24) is 4.90 Å². The molecular formula is C16H23NO2. The first-order valence-corrected chi connectivity index (χ1v) is 7.15. The number of carbonyl (C=O) groups excluding carboxylic acids is 1. The van der Waals surface area contributed by atoms with E-state index >= 15 is 0 Å². The first-order chi connectivity index (χ1) is 9.24. The van der Waals surface area contributed by atoms with E-state index in [1.807, 2.05) is 24.3 Å². The second-order valence-electron chi connectivity index (χ2n) is 5.23. The first-order valence-electron chi connectivity index (χ1n) is 7.15. The van der Waals surface area contributed by atoms with Gasteiger partial charge in [-0.3, -0.25) is 4.79 Å². The van der Waals surface area contributed by atoms with Gasteiger partial charge >= 0.3 is 0 Å². The molecule has 3 nitrogen and oxygen atoms in total. The Bertz CT molecular complexity index is 411. The number of methoxy groups -OCH3 is 1. The Hall–Kier alpha value is -1.35. The van der Waals surface area contributed by atoms with Crippen molar-refractivity contribution in [3.63, 3.8) is 0 Å². The van der Waals surface area contributed by atoms with Crippen molar-refractivity contribution in [2.75, 3.05) is 26.7 Å². The summed E-state index contributed by atoms with van der Waals surface area (Å²) in [7, 11) is 1.64. The molecule has 1 aromatic rings. The molecule has 0 radical (unpaired) electrons. The van der Waals surface area contributed by atoms with E-state index in [2.05, 4.69) is 11.8 Å². The normalized spacial score (nSPS) is 20.2. The lowest BCUT2D eigenvalue weighted by atomic mass is 9.90. The third-order valence-corrected chi connectivity index (χ3v) is 3.79. The molecule has 104 valence electrons. The Morgan fingerprint density at radius 3 is 2.74 bits per heavy atom. The highest BCUT2D eigenvalue weighted by atomic mass is 16.5. The van der Waals surface area contributed by atoms with Crippen molar-refractivity contribution in [1.29, 1.82) is 0 Å². The summed E-state index contributed by atoms with van der Waals surface area (Å²) in [6.07, 6.45) is 3.31. The minimum absolute atomic E-state index is 0.161. The molecule has 0 unspecified atom stereocenters. The molecule has 0 aliphatic carbocycles. The van der Waals surface area contributed by atoms with Gasteiger partial charge in [-0.1, -0.05) is 6.92 Å². The smallest absolute Gasteiger partial charge is 0.167 e. The van der Waals surface area contributed by atoms with Gasteiger partial charge in [-0.25, -0.2) is 0 Å². The van der Waals surface area contributed by atoms with Gasteiger partial charge < -0.3 is 9.64 Å². The topological polar surface area (TPSA) is 29.5 Å². The summed E-state index contributed by atoms with van der Waals surface area (Å²) in [4.78, 5) is 14.9. The number of hydrogen-bond acceptors (Lipinski definition) is 3. The lowest BCUT2D eigenvalue weighted by molar-refractivity contribution is 0.0820. The molecule has 1 fully saturated rings. The van der Waals surface area contributed by atoms with Crippen molar-refractivity contribution in [2.45, 2.75) is 26.2 Å². The first kappa shape index (κ1) is 14.1. The maximum Gasteiger partial charge on any atom is 0.167 e. The Morgan fingerprint density at radius 1 is 1.37 bits per heavy atom. The van der Waals surface area contributed by atoms with Crippen molar-refractivity contribution < 1.29 is 9.53 Å². The van der Waals surface area contributed by atoms with Gasteiger partial charge in [0.2, 0.25) is 0 Å². The van der Waals surface area contributed by atoms with Crippen LogP contribution in [-0.4, -0.2) is 37.4 Å². The number of likely N-dealkylation sites (tertiary alicyclic amines) is 1. The zero-order chi connectivity index (χ0) is 13.7. The van der Waals surface area contributed by atoms with Gasteiger partial charge in [-0.2, -0.15) is 0 Å². The maximum absolute atomic E-state index is 12.5. The molecule has 0 N–H and O–H groups in total. The molecule has 1 atom stereocenters. The van der Waals surface area contributed by atoms with Crippen molar-refractivity contribution in [3.05, 3.63) is 29.8 Å². The van der Waals surface area contributed by atoms with Crippen LogP contribution in [0.4, 0.5) is 0 Å². The molecule has 1 aliphatic heterocycles. The number of carbonyl (C=O) groups is 1. The maximum atomic E-state index is 12.5. The average molecular weight is 261 g/mol. The minimum atomic E-state index is 0.161. The summed E-state index contributed by atoms with van der Waals surface area (Å²) >= 11 is 0. The van der Waals surface area contributed by atoms with E-state index < -0.39 is 0 Å². The second kappa shape index (κ2) is 6.71. The van der Waals surface area contributed by atoms with Crippen LogP contribution in [0.25, 0.3) is 0 Å². The van der Waals surface area contributed by atoms with E-state index in [4.69, 9.17) is 4.74 Å². The summed E-state index contributed by atoms with van der Waals surface area (Å²) in [6.45, 7) is 5.35. The summed E-state index contributed by atoms with van der Waals surface area (Å²) in [6, 6.07) is 7.47. The summed E-state index contributed by atoms with van der Waals surface area (Å²) in [5.41, 5.74) is 0.809. The fourth-order valence-corrected chi connectivity index (χ4v) is 2.78. The number of ketones is 1. The number of ether oxygens (including phenoxy) is 1. The van der Waals surface area contributed by atoms with Crippen LogP contribution in [0.5, 0.6) is 5.75 Å². The van der Waals surface area contributed by atoms with Crippen molar-refractivity contribution in [2.24, 2.45) is 5.92 Å². The van der Waals surface area contributed by atoms with Crippen molar-refractivity contribution >= 4 is 5.78 Å². The van der Waals surface area contributed by atoms with Crippen LogP contribution in [0.15, 0.2) is 24.3 Å². The van der Waals surface area contributed by atoms with Gasteiger partial charge in [0.05, 0.1) is 7.11 Å². The van der Waals surface area contributed by atoms with E-state index in [1.54, 1.807) is 7.11 Å². The van der Waals surface area contributed by atoms with Crippen LogP contribution in [0, 0.1) is 5.92 Å². The summed E-state index contributed by atoms with van der Waals surface area (Å²) in [5.74, 6) is 1.24. The van der Waals surface area contributed by atoms with E-state index in [0.29, 0.717) is 0 Å². The summed E-state index contributed by atoms with van der Waals surface area (Å²) in [5, 5.41) is 0. The van der Waals surface area contributed by atoms with Crippen LogP contribution >= 0.6 is 0 Å². The Balaban J connectivity index is 2.01. The van der Waals surface area contributed by atoms with E-state index in [1.165, 1.54) is 0 Å². The van der Waals surface area contributed by atoms with Gasteiger partial charge in [0, 0.05) is 18.0 Å². The van der Waals surface area contributed by atoms with Crippen LogP contribution in [0.1, 0.15) is 36.5 Å². The fraction of sp³-hybridized carbons (Fsp3) is 0.562. The van der Waals surface area contributed by atoms with Gasteiger partial charge in [-0.15, -0.1) is 0 Å². The van der Waals surface area contributed by atoms with E-state index in [0.717, 1.165) is 50.2 Å². The lowest BCUT2D eigenvalue weighted by Crippen LogP contribution is -2.39. The Kier molecular flexibility index (Phi) is 4.97. The molecule has 1 heterocycles. The minimum Gasteiger partial charge on any atom is -0.497 e. The predicted octanol–water partition coefficient (Wildman–Crippen LogP) is 3.00. The van der Waals surface area contributed by atoms with Gasteiger partial charge in [0.25, 0.3) is 0 Å². The van der Waals surface area contributed by atoms with E-state index in [9.17, 15) is 4.79 Å². The average Bonchev–Trinajstić information content (AvgIpc) is 2.47. The third kappa shape index (κ3) is 3.57. The number of piperidine rings is 1. The predicted molar refractivity (Wildman–Crippen MR) is 76.8 cm³/mol. The molecule has 1 aromatic carbocycles. The second-order valence-corrected chi connectivity index (χ2v) is 5.23. The molecule has 1 saturated heterocycles.